The molecule has 1 aromatic carbocycles. The van der Waals surface area contributed by atoms with Crippen molar-refractivity contribution in [3.05, 3.63) is 39.0 Å². The van der Waals surface area contributed by atoms with Crippen molar-refractivity contribution in [2.75, 3.05) is 14.2 Å². The maximum Gasteiger partial charge on any atom is 0.330 e. The Kier molecular flexibility index (Phi) is 3.20. The van der Waals surface area contributed by atoms with Gasteiger partial charge in [0.15, 0.2) is 0 Å². The van der Waals surface area contributed by atoms with Gasteiger partial charge in [-0.25, -0.2) is 9.36 Å². The van der Waals surface area contributed by atoms with Gasteiger partial charge in [0.25, 0.3) is 5.56 Å². The Bertz CT molecular complexity index is 687. The summed E-state index contributed by atoms with van der Waals surface area (Å²) < 4.78 is 6.21. The third kappa shape index (κ3) is 1.91. The highest BCUT2D eigenvalue weighted by Crippen LogP contribution is 2.15. The zero-order chi connectivity index (χ0) is 13.3. The van der Waals surface area contributed by atoms with Crippen LogP contribution >= 0.6 is 0 Å². The zero-order valence-electron chi connectivity index (χ0n) is 10.5. The van der Waals surface area contributed by atoms with E-state index in [1.54, 1.807) is 32.2 Å². The van der Waals surface area contributed by atoms with Crippen molar-refractivity contribution < 1.29 is 4.74 Å². The number of aromatic amines is 1. The number of benzene rings is 1. The maximum absolute atomic E-state index is 12.2. The minimum Gasteiger partial charge on any atom is -0.497 e. The molecule has 0 saturated heterocycles. The van der Waals surface area contributed by atoms with Crippen LogP contribution in [0.5, 0.6) is 5.75 Å². The summed E-state index contributed by atoms with van der Waals surface area (Å²) in [6.45, 7) is 1.74. The van der Waals surface area contributed by atoms with Gasteiger partial charge < -0.3 is 15.0 Å². The summed E-state index contributed by atoms with van der Waals surface area (Å²) in [5, 5.41) is 3.32. The van der Waals surface area contributed by atoms with Crippen LogP contribution in [-0.4, -0.2) is 23.7 Å². The molecular formula is C12H15N3O3. The molecule has 6 heteroatoms. The van der Waals surface area contributed by atoms with Crippen LogP contribution in [0.3, 0.4) is 0 Å². The molecule has 0 fully saturated rings. The number of hydrogen-bond acceptors (Lipinski definition) is 4. The van der Waals surface area contributed by atoms with Crippen LogP contribution in [0.2, 0.25) is 0 Å². The second kappa shape index (κ2) is 4.66. The first-order valence-corrected chi connectivity index (χ1v) is 5.58. The highest BCUT2D eigenvalue weighted by atomic mass is 16.5. The van der Waals surface area contributed by atoms with Crippen LogP contribution in [0.1, 0.15) is 13.1 Å². The third-order valence-corrected chi connectivity index (χ3v) is 2.94. The molecule has 1 heterocycles. The van der Waals surface area contributed by atoms with Gasteiger partial charge in [-0.15, -0.1) is 0 Å². The largest absolute Gasteiger partial charge is 0.497 e. The molecule has 1 atom stereocenters. The molecule has 0 spiro atoms. The molecule has 2 rings (SSSR count). The first-order valence-electron chi connectivity index (χ1n) is 5.58. The van der Waals surface area contributed by atoms with Crippen LogP contribution in [-0.2, 0) is 0 Å². The van der Waals surface area contributed by atoms with E-state index in [1.807, 2.05) is 0 Å². The molecule has 18 heavy (non-hydrogen) atoms. The molecule has 0 aliphatic heterocycles. The van der Waals surface area contributed by atoms with Crippen LogP contribution < -0.4 is 21.3 Å². The monoisotopic (exact) mass is 249 g/mol. The van der Waals surface area contributed by atoms with Crippen LogP contribution in [0, 0.1) is 0 Å². The van der Waals surface area contributed by atoms with Crippen LogP contribution in [0.15, 0.2) is 27.8 Å². The Morgan fingerprint density at radius 3 is 2.72 bits per heavy atom. The van der Waals surface area contributed by atoms with Gasteiger partial charge in [-0.3, -0.25) is 4.79 Å². The Labute approximate surface area is 103 Å². The standard InChI is InChI=1S/C12H15N3O3/c1-7(13-2)15-11(16)9-5-4-8(18-3)6-10(9)14-12(15)17/h4-7,13H,1-3H3,(H,14,17). The van der Waals surface area contributed by atoms with Gasteiger partial charge in [0.2, 0.25) is 0 Å². The summed E-state index contributed by atoms with van der Waals surface area (Å²) in [5.41, 5.74) is -0.287. The van der Waals surface area contributed by atoms with Crippen LogP contribution in [0.25, 0.3) is 10.9 Å². The molecule has 2 aromatic rings. The van der Waals surface area contributed by atoms with Crippen LogP contribution in [0.4, 0.5) is 0 Å². The quantitative estimate of drug-likeness (QED) is 0.827. The molecule has 0 bridgehead atoms. The first-order chi connectivity index (χ1) is 8.58. The highest BCUT2D eigenvalue weighted by Gasteiger charge is 2.12. The van der Waals surface area contributed by atoms with E-state index in [4.69, 9.17) is 4.74 Å². The first kappa shape index (κ1) is 12.4. The predicted octanol–water partition coefficient (Wildman–Crippen LogP) is 0.436. The van der Waals surface area contributed by atoms with Gasteiger partial charge in [-0.2, -0.15) is 0 Å². The van der Waals surface area contributed by atoms with E-state index in [0.29, 0.717) is 16.7 Å². The van der Waals surface area contributed by atoms with Crippen molar-refractivity contribution in [1.29, 1.82) is 0 Å². The summed E-state index contributed by atoms with van der Waals surface area (Å²) >= 11 is 0. The lowest BCUT2D eigenvalue weighted by molar-refractivity contribution is 0.415. The lowest BCUT2D eigenvalue weighted by Crippen LogP contribution is -2.41. The summed E-state index contributed by atoms with van der Waals surface area (Å²) in [6.07, 6.45) is -0.368. The minimum atomic E-state index is -0.442. The molecule has 0 aliphatic carbocycles. The van der Waals surface area contributed by atoms with Crippen molar-refractivity contribution in [3.63, 3.8) is 0 Å². The van der Waals surface area contributed by atoms with E-state index in [2.05, 4.69) is 10.3 Å². The molecule has 0 amide bonds. The van der Waals surface area contributed by atoms with Gasteiger partial charge in [-0.1, -0.05) is 0 Å². The molecule has 1 aromatic heterocycles. The molecule has 6 nitrogen and oxygen atoms in total. The lowest BCUT2D eigenvalue weighted by Gasteiger charge is -2.13. The Morgan fingerprint density at radius 1 is 1.39 bits per heavy atom. The smallest absolute Gasteiger partial charge is 0.330 e. The average Bonchev–Trinajstić information content (AvgIpc) is 2.37. The number of fused-ring (bicyclic) bond motifs is 1. The minimum absolute atomic E-state index is 0.321. The second-order valence-electron chi connectivity index (χ2n) is 3.98. The van der Waals surface area contributed by atoms with E-state index in [1.165, 1.54) is 7.11 Å². The summed E-state index contributed by atoms with van der Waals surface area (Å²) in [6, 6.07) is 4.97. The number of H-pyrrole nitrogens is 1. The fraction of sp³-hybridized carbons (Fsp3) is 0.333. The SMILES string of the molecule is CNC(C)n1c(=O)[nH]c2cc(OC)ccc2c1=O. The summed E-state index contributed by atoms with van der Waals surface area (Å²) in [4.78, 5) is 26.8. The molecule has 0 saturated carbocycles. The fourth-order valence-corrected chi connectivity index (χ4v) is 1.82. The Balaban J connectivity index is 2.79. The summed E-state index contributed by atoms with van der Waals surface area (Å²) in [5.74, 6) is 0.594. The van der Waals surface area contributed by atoms with Gasteiger partial charge in [0.05, 0.1) is 24.2 Å². The van der Waals surface area contributed by atoms with E-state index in [-0.39, 0.29) is 11.7 Å². The number of methoxy groups -OCH3 is 1. The second-order valence-corrected chi connectivity index (χ2v) is 3.98. The normalized spacial score (nSPS) is 12.6. The topological polar surface area (TPSA) is 76.1 Å². The lowest BCUT2D eigenvalue weighted by atomic mass is 10.2. The van der Waals surface area contributed by atoms with Gasteiger partial charge >= 0.3 is 5.69 Å². The van der Waals surface area contributed by atoms with Crippen molar-refractivity contribution in [3.8, 4) is 5.75 Å². The number of hydrogen-bond donors (Lipinski definition) is 2. The highest BCUT2D eigenvalue weighted by molar-refractivity contribution is 5.78. The maximum atomic E-state index is 12.2. The Hall–Kier alpha value is -2.08. The van der Waals surface area contributed by atoms with Crippen molar-refractivity contribution in [2.45, 2.75) is 13.1 Å². The number of nitrogens with zero attached hydrogens (tertiary/aromatic N) is 1. The third-order valence-electron chi connectivity index (χ3n) is 2.94. The van der Waals surface area contributed by atoms with Gasteiger partial charge in [0.1, 0.15) is 5.75 Å². The molecular weight excluding hydrogens is 234 g/mol. The van der Waals surface area contributed by atoms with Gasteiger partial charge in [0, 0.05) is 6.07 Å². The Morgan fingerprint density at radius 2 is 2.11 bits per heavy atom. The fourth-order valence-electron chi connectivity index (χ4n) is 1.82. The van der Waals surface area contributed by atoms with Crippen molar-refractivity contribution in [1.82, 2.24) is 14.9 Å². The number of rotatable bonds is 3. The van der Waals surface area contributed by atoms with E-state index >= 15 is 0 Å². The van der Waals surface area contributed by atoms with E-state index in [9.17, 15) is 9.59 Å². The van der Waals surface area contributed by atoms with E-state index in [0.717, 1.165) is 4.57 Å². The molecule has 96 valence electrons. The molecule has 0 radical (unpaired) electrons. The number of aromatic nitrogens is 2. The number of ether oxygens (including phenoxy) is 1. The average molecular weight is 249 g/mol. The zero-order valence-corrected chi connectivity index (χ0v) is 10.5. The predicted molar refractivity (Wildman–Crippen MR) is 69.2 cm³/mol. The molecule has 1 unspecified atom stereocenters. The molecule has 0 aliphatic rings. The molecule has 2 N–H and O–H groups in total. The number of nitrogens with one attached hydrogen (secondary N) is 2. The van der Waals surface area contributed by atoms with Gasteiger partial charge in [-0.05, 0) is 26.1 Å². The van der Waals surface area contributed by atoms with Crippen molar-refractivity contribution in [2.24, 2.45) is 0 Å². The summed E-state index contributed by atoms with van der Waals surface area (Å²) in [7, 11) is 3.22. The van der Waals surface area contributed by atoms with Crippen molar-refractivity contribution >= 4 is 10.9 Å². The van der Waals surface area contributed by atoms with E-state index < -0.39 is 5.69 Å².